The van der Waals surface area contributed by atoms with Crippen molar-refractivity contribution < 1.29 is 18.6 Å². The summed E-state index contributed by atoms with van der Waals surface area (Å²) >= 11 is 0. The number of aryl methyl sites for hydroxylation is 1. The van der Waals surface area contributed by atoms with Gasteiger partial charge in [-0.2, -0.15) is 0 Å². The Morgan fingerprint density at radius 3 is 1.54 bits per heavy atom. The Hall–Kier alpha value is -2.97. The Morgan fingerprint density at radius 1 is 0.615 bits per heavy atom. The van der Waals surface area contributed by atoms with Gasteiger partial charge in [0.05, 0.1) is 0 Å². The van der Waals surface area contributed by atoms with Crippen LogP contribution < -0.4 is 15.9 Å². The van der Waals surface area contributed by atoms with Gasteiger partial charge in [-0.3, -0.25) is 0 Å². The van der Waals surface area contributed by atoms with E-state index in [4.69, 9.17) is 9.05 Å². The molecule has 2 heterocycles. The van der Waals surface area contributed by atoms with E-state index in [2.05, 4.69) is 0 Å². The molecule has 0 radical (unpaired) electrons. The number of carbonyl (C=O) groups excluding carboxylic acids is 2. The Balaban J connectivity index is 2.04. The molecule has 0 atom stereocenters. The van der Waals surface area contributed by atoms with Crippen molar-refractivity contribution in [2.45, 2.75) is 6.92 Å². The monoisotopic (exact) mass is 362 g/mol. The van der Waals surface area contributed by atoms with Crippen LogP contribution in [0, 0.1) is 6.92 Å². The summed E-state index contributed by atoms with van der Waals surface area (Å²) in [5.74, 6) is -0.906. The Labute approximate surface area is 150 Å². The summed E-state index contributed by atoms with van der Waals surface area (Å²) in [7, 11) is -4.12. The maximum absolute atomic E-state index is 12.9. The zero-order chi connectivity index (χ0) is 18.0. The van der Waals surface area contributed by atoms with E-state index in [1.165, 1.54) is 0 Å². The van der Waals surface area contributed by atoms with Crippen LogP contribution in [0.5, 0.6) is 0 Å². The van der Waals surface area contributed by atoms with Gasteiger partial charge in [0.1, 0.15) is 0 Å². The van der Waals surface area contributed by atoms with E-state index in [9.17, 15) is 9.59 Å². The number of hydrogen-bond donors (Lipinski definition) is 0. The fourth-order valence-electron chi connectivity index (χ4n) is 4.14. The molecule has 5 heteroatoms. The van der Waals surface area contributed by atoms with E-state index < -0.39 is 19.0 Å². The second-order valence-corrected chi connectivity index (χ2v) is 10.3. The van der Waals surface area contributed by atoms with Gasteiger partial charge in [0.15, 0.2) is 0 Å². The molecule has 5 rings (SSSR count). The predicted octanol–water partition coefficient (Wildman–Crippen LogP) is 3.00. The molecule has 2 aliphatic heterocycles. The first-order valence-corrected chi connectivity index (χ1v) is 10.4. The molecular formula is C21H15O4P. The van der Waals surface area contributed by atoms with Crippen LogP contribution in [0.3, 0.4) is 0 Å². The third-order valence-electron chi connectivity index (χ3n) is 5.19. The molecule has 1 spiro atoms. The summed E-state index contributed by atoms with van der Waals surface area (Å²) < 4.78 is 12.4. The molecule has 3 aromatic carbocycles. The van der Waals surface area contributed by atoms with Gasteiger partial charge in [0.2, 0.25) is 0 Å². The molecule has 3 aromatic rings. The molecule has 128 valence electrons. The molecule has 0 saturated carbocycles. The molecule has 0 amide bonds. The Morgan fingerprint density at radius 2 is 1.04 bits per heavy atom. The van der Waals surface area contributed by atoms with Crippen molar-refractivity contribution in [3.8, 4) is 0 Å². The van der Waals surface area contributed by atoms with Crippen molar-refractivity contribution >= 4 is 34.9 Å². The van der Waals surface area contributed by atoms with Crippen LogP contribution in [0.1, 0.15) is 26.3 Å². The topological polar surface area (TPSA) is 52.6 Å². The number of benzene rings is 3. The van der Waals surface area contributed by atoms with Crippen molar-refractivity contribution in [3.63, 3.8) is 0 Å². The van der Waals surface area contributed by atoms with Gasteiger partial charge in [-0.1, -0.05) is 0 Å². The van der Waals surface area contributed by atoms with Crippen LogP contribution in [-0.2, 0) is 9.05 Å². The van der Waals surface area contributed by atoms with Crippen LogP contribution in [0.2, 0.25) is 0 Å². The van der Waals surface area contributed by atoms with Gasteiger partial charge in [-0.25, -0.2) is 0 Å². The number of carbonyl (C=O) groups is 2. The van der Waals surface area contributed by atoms with Crippen molar-refractivity contribution in [1.82, 2.24) is 0 Å². The van der Waals surface area contributed by atoms with Crippen LogP contribution in [0.15, 0.2) is 72.8 Å². The summed E-state index contributed by atoms with van der Waals surface area (Å²) in [6.07, 6.45) is 0. The van der Waals surface area contributed by atoms with E-state index in [0.29, 0.717) is 21.7 Å². The van der Waals surface area contributed by atoms with Gasteiger partial charge in [0, 0.05) is 0 Å². The Kier molecular flexibility index (Phi) is 2.83. The zero-order valence-electron chi connectivity index (χ0n) is 14.0. The van der Waals surface area contributed by atoms with Gasteiger partial charge in [0.25, 0.3) is 0 Å². The van der Waals surface area contributed by atoms with Gasteiger partial charge >= 0.3 is 150 Å². The summed E-state index contributed by atoms with van der Waals surface area (Å²) in [6.45, 7) is 1.94. The minimum atomic E-state index is -4.12. The molecule has 0 aromatic heterocycles. The van der Waals surface area contributed by atoms with E-state index in [1.54, 1.807) is 24.3 Å². The quantitative estimate of drug-likeness (QED) is 0.625. The fraction of sp³-hybridized carbons (Fsp3) is 0.0476. The summed E-state index contributed by atoms with van der Waals surface area (Å²) in [6, 6.07) is 22.1. The molecule has 0 fully saturated rings. The standard InChI is InChI=1S/C21H15O4P/c1-14-8-2-5-11-17(14)26(18-12-6-3-9-15(18)20(22)24-26)19-13-7-4-10-16(19)21(23)25-26/h2-13H,1H3. The molecule has 2 aliphatic rings. The number of fused-ring (bicyclic) bond motifs is 4. The van der Waals surface area contributed by atoms with E-state index in [1.807, 2.05) is 55.5 Å². The zero-order valence-corrected chi connectivity index (χ0v) is 14.9. The molecule has 0 aliphatic carbocycles. The first kappa shape index (κ1) is 15.3. The molecule has 0 N–H and O–H groups in total. The molecular weight excluding hydrogens is 347 g/mol. The number of rotatable bonds is 1. The summed E-state index contributed by atoms with van der Waals surface area (Å²) in [5, 5.41) is 2.09. The van der Waals surface area contributed by atoms with Gasteiger partial charge in [-0.05, 0) is 0 Å². The summed E-state index contributed by atoms with van der Waals surface area (Å²) in [4.78, 5) is 25.7. The second kappa shape index (κ2) is 4.80. The van der Waals surface area contributed by atoms with Crippen LogP contribution in [-0.4, -0.2) is 11.9 Å². The van der Waals surface area contributed by atoms with Crippen LogP contribution >= 0.6 is 7.06 Å². The van der Waals surface area contributed by atoms with E-state index in [0.717, 1.165) is 10.9 Å². The normalized spacial score (nSPS) is 19.8. The third kappa shape index (κ3) is 1.54. The van der Waals surface area contributed by atoms with Crippen molar-refractivity contribution in [3.05, 3.63) is 89.5 Å². The molecule has 0 saturated heterocycles. The predicted molar refractivity (Wildman–Crippen MR) is 101 cm³/mol. The van der Waals surface area contributed by atoms with Crippen LogP contribution in [0.25, 0.3) is 0 Å². The third-order valence-corrected chi connectivity index (χ3v) is 10.1. The second-order valence-electron chi connectivity index (χ2n) is 6.54. The fourth-order valence-corrected chi connectivity index (χ4v) is 9.37. The van der Waals surface area contributed by atoms with E-state index in [-0.39, 0.29) is 0 Å². The maximum atomic E-state index is 12.9. The molecule has 26 heavy (non-hydrogen) atoms. The molecule has 0 bridgehead atoms. The average Bonchev–Trinajstić information content (AvgIpc) is 3.08. The first-order valence-electron chi connectivity index (χ1n) is 8.33. The Bertz CT molecular complexity index is 1050. The van der Waals surface area contributed by atoms with Crippen molar-refractivity contribution in [2.75, 3.05) is 0 Å². The SMILES string of the molecule is Cc1ccccc1P12(OC(=O)c3ccccc31)OC(=O)c1ccccc12. The molecule has 4 nitrogen and oxygen atoms in total. The molecule has 0 unspecified atom stereocenters. The first-order chi connectivity index (χ1) is 12.6. The number of hydrogen-bond acceptors (Lipinski definition) is 4. The average molecular weight is 362 g/mol. The van der Waals surface area contributed by atoms with Crippen LogP contribution in [0.4, 0.5) is 0 Å². The summed E-state index contributed by atoms with van der Waals surface area (Å²) in [5.41, 5.74) is 1.83. The van der Waals surface area contributed by atoms with Crippen molar-refractivity contribution in [1.29, 1.82) is 0 Å². The van der Waals surface area contributed by atoms with Crippen molar-refractivity contribution in [2.24, 2.45) is 0 Å². The van der Waals surface area contributed by atoms with E-state index >= 15 is 0 Å². The minimum absolute atomic E-state index is 0.453. The van der Waals surface area contributed by atoms with Gasteiger partial charge in [-0.15, -0.1) is 0 Å². The van der Waals surface area contributed by atoms with Gasteiger partial charge < -0.3 is 0 Å².